The van der Waals surface area contributed by atoms with Crippen molar-refractivity contribution >= 4 is 11.3 Å². The Labute approximate surface area is 120 Å². The maximum Gasteiger partial charge on any atom is 0.152 e. The molecule has 0 spiro atoms. The lowest BCUT2D eigenvalue weighted by molar-refractivity contribution is 0.269. The van der Waals surface area contributed by atoms with Crippen molar-refractivity contribution in [2.75, 3.05) is 5.32 Å². The van der Waals surface area contributed by atoms with E-state index in [1.807, 2.05) is 16.9 Å². The lowest BCUT2D eigenvalue weighted by Crippen LogP contribution is -2.44. The van der Waals surface area contributed by atoms with Gasteiger partial charge >= 0.3 is 0 Å². The van der Waals surface area contributed by atoms with Crippen molar-refractivity contribution in [3.8, 4) is 0 Å². The zero-order valence-electron chi connectivity index (χ0n) is 12.9. The molecule has 2 aromatic rings. The topological polar surface area (TPSA) is 42.2 Å². The van der Waals surface area contributed by atoms with E-state index < -0.39 is 0 Å². The van der Waals surface area contributed by atoms with E-state index in [2.05, 4.69) is 49.2 Å². The summed E-state index contributed by atoms with van der Waals surface area (Å²) in [5.41, 5.74) is 2.49. The number of hydrogen-bond acceptors (Lipinski definition) is 3. The van der Waals surface area contributed by atoms with Crippen molar-refractivity contribution < 1.29 is 0 Å². The molecule has 2 aromatic heterocycles. The third kappa shape index (κ3) is 2.17. The number of rotatable bonds is 3. The average molecular weight is 272 g/mol. The van der Waals surface area contributed by atoms with Gasteiger partial charge in [0.25, 0.3) is 0 Å². The normalized spacial score (nSPS) is 18.0. The minimum Gasteiger partial charge on any atom is -0.363 e. The van der Waals surface area contributed by atoms with Crippen molar-refractivity contribution in [1.29, 1.82) is 0 Å². The highest BCUT2D eigenvalue weighted by atomic mass is 15.2. The van der Waals surface area contributed by atoms with Gasteiger partial charge in [0.1, 0.15) is 5.52 Å². The maximum absolute atomic E-state index is 4.68. The summed E-state index contributed by atoms with van der Waals surface area (Å²) in [5.74, 6) is 0.969. The second-order valence-electron chi connectivity index (χ2n) is 7.00. The highest BCUT2D eigenvalue weighted by molar-refractivity contribution is 5.69. The van der Waals surface area contributed by atoms with Crippen LogP contribution in [-0.4, -0.2) is 20.1 Å². The van der Waals surface area contributed by atoms with E-state index in [1.54, 1.807) is 0 Å². The molecule has 0 unspecified atom stereocenters. The summed E-state index contributed by atoms with van der Waals surface area (Å²) in [6.07, 6.45) is 8.71. The Morgan fingerprint density at radius 1 is 1.35 bits per heavy atom. The first-order chi connectivity index (χ1) is 9.43. The Hall–Kier alpha value is -1.58. The van der Waals surface area contributed by atoms with E-state index in [1.165, 1.54) is 19.3 Å². The molecule has 0 saturated heterocycles. The van der Waals surface area contributed by atoms with E-state index in [-0.39, 0.29) is 11.0 Å². The Balaban J connectivity index is 2.01. The molecule has 0 radical (unpaired) electrons. The summed E-state index contributed by atoms with van der Waals surface area (Å²) in [5, 5.41) is 8.36. The summed E-state index contributed by atoms with van der Waals surface area (Å²) in [6, 6.07) is 2.16. The molecule has 0 amide bonds. The molecule has 4 heteroatoms. The van der Waals surface area contributed by atoms with Crippen LogP contribution < -0.4 is 5.32 Å². The Morgan fingerprint density at radius 2 is 2.10 bits per heavy atom. The number of anilines is 1. The first-order valence-corrected chi connectivity index (χ1v) is 7.57. The largest absolute Gasteiger partial charge is 0.363 e. The maximum atomic E-state index is 4.68. The first kappa shape index (κ1) is 13.4. The van der Waals surface area contributed by atoms with Crippen LogP contribution in [0.3, 0.4) is 0 Å². The quantitative estimate of drug-likeness (QED) is 0.924. The van der Waals surface area contributed by atoms with Gasteiger partial charge in [-0.3, -0.25) is 0 Å². The number of nitrogens with zero attached hydrogens (tertiary/aromatic N) is 3. The Morgan fingerprint density at radius 3 is 2.65 bits per heavy atom. The molecule has 0 aliphatic heterocycles. The Bertz CT molecular complexity index is 611. The molecule has 20 heavy (non-hydrogen) atoms. The molecular formula is C16H24N4. The van der Waals surface area contributed by atoms with Gasteiger partial charge in [0.15, 0.2) is 5.82 Å². The SMILES string of the molecule is CCC1(Nc2nccn3nc(C(C)(C)C)cc23)CCC1. The lowest BCUT2D eigenvalue weighted by Gasteiger charge is -2.42. The number of hydrogen-bond donors (Lipinski definition) is 1. The lowest BCUT2D eigenvalue weighted by atomic mass is 9.75. The van der Waals surface area contributed by atoms with Gasteiger partial charge in [-0.2, -0.15) is 5.10 Å². The summed E-state index contributed by atoms with van der Waals surface area (Å²) in [6.45, 7) is 8.82. The molecule has 1 fully saturated rings. The Kier molecular flexibility index (Phi) is 3.00. The summed E-state index contributed by atoms with van der Waals surface area (Å²) < 4.78 is 1.94. The van der Waals surface area contributed by atoms with Crippen LogP contribution >= 0.6 is 0 Å². The molecule has 0 bridgehead atoms. The van der Waals surface area contributed by atoms with Crippen molar-refractivity contribution in [1.82, 2.24) is 14.6 Å². The van der Waals surface area contributed by atoms with Crippen LogP contribution in [0.1, 0.15) is 59.1 Å². The smallest absolute Gasteiger partial charge is 0.152 e. The van der Waals surface area contributed by atoms with E-state index in [0.717, 1.165) is 23.4 Å². The molecule has 0 atom stereocenters. The van der Waals surface area contributed by atoms with Crippen molar-refractivity contribution in [3.05, 3.63) is 24.2 Å². The second-order valence-corrected chi connectivity index (χ2v) is 7.00. The minimum atomic E-state index is 0.0577. The predicted octanol–water partition coefficient (Wildman–Crippen LogP) is 3.77. The third-order valence-electron chi connectivity index (χ3n) is 4.53. The zero-order valence-corrected chi connectivity index (χ0v) is 12.9. The first-order valence-electron chi connectivity index (χ1n) is 7.57. The second kappa shape index (κ2) is 4.47. The van der Waals surface area contributed by atoms with Crippen LogP contribution in [0.2, 0.25) is 0 Å². The van der Waals surface area contributed by atoms with Crippen molar-refractivity contribution in [3.63, 3.8) is 0 Å². The molecular weight excluding hydrogens is 248 g/mol. The minimum absolute atomic E-state index is 0.0577. The molecule has 2 heterocycles. The monoisotopic (exact) mass is 272 g/mol. The van der Waals surface area contributed by atoms with Gasteiger partial charge in [-0.1, -0.05) is 27.7 Å². The van der Waals surface area contributed by atoms with Gasteiger partial charge < -0.3 is 5.32 Å². The third-order valence-corrected chi connectivity index (χ3v) is 4.53. The number of nitrogens with one attached hydrogen (secondary N) is 1. The van der Waals surface area contributed by atoms with Crippen LogP contribution in [0.15, 0.2) is 18.5 Å². The molecule has 1 N–H and O–H groups in total. The fourth-order valence-corrected chi connectivity index (χ4v) is 2.81. The standard InChI is InChI=1S/C16H24N4/c1-5-16(7-6-8-16)18-14-12-11-13(15(2,3)4)19-20(12)10-9-17-14/h9-11H,5-8H2,1-4H3,(H,17,18). The molecule has 0 aromatic carbocycles. The fourth-order valence-electron chi connectivity index (χ4n) is 2.81. The van der Waals surface area contributed by atoms with E-state index in [0.29, 0.717) is 0 Å². The van der Waals surface area contributed by atoms with Gasteiger partial charge in [-0.15, -0.1) is 0 Å². The zero-order chi connectivity index (χ0) is 14.4. The highest BCUT2D eigenvalue weighted by Gasteiger charge is 2.35. The molecule has 1 saturated carbocycles. The van der Waals surface area contributed by atoms with Crippen LogP contribution in [0.5, 0.6) is 0 Å². The predicted molar refractivity (Wildman–Crippen MR) is 82.2 cm³/mol. The van der Waals surface area contributed by atoms with E-state index in [9.17, 15) is 0 Å². The van der Waals surface area contributed by atoms with Crippen LogP contribution in [-0.2, 0) is 5.41 Å². The van der Waals surface area contributed by atoms with Crippen LogP contribution in [0.25, 0.3) is 5.52 Å². The molecule has 1 aliphatic carbocycles. The summed E-state index contributed by atoms with van der Waals surface area (Å²) >= 11 is 0. The van der Waals surface area contributed by atoms with Crippen LogP contribution in [0, 0.1) is 0 Å². The summed E-state index contributed by atoms with van der Waals surface area (Å²) in [4.78, 5) is 4.55. The highest BCUT2D eigenvalue weighted by Crippen LogP contribution is 2.38. The van der Waals surface area contributed by atoms with Gasteiger partial charge in [0.05, 0.1) is 5.69 Å². The summed E-state index contributed by atoms with van der Waals surface area (Å²) in [7, 11) is 0. The molecule has 1 aliphatic rings. The molecule has 3 rings (SSSR count). The van der Waals surface area contributed by atoms with Gasteiger partial charge in [-0.25, -0.2) is 9.50 Å². The van der Waals surface area contributed by atoms with Gasteiger partial charge in [-0.05, 0) is 31.7 Å². The molecule has 108 valence electrons. The average Bonchev–Trinajstić information content (AvgIpc) is 2.78. The van der Waals surface area contributed by atoms with E-state index in [4.69, 9.17) is 0 Å². The van der Waals surface area contributed by atoms with Crippen LogP contribution in [0.4, 0.5) is 5.82 Å². The van der Waals surface area contributed by atoms with Crippen molar-refractivity contribution in [2.24, 2.45) is 0 Å². The van der Waals surface area contributed by atoms with Crippen molar-refractivity contribution in [2.45, 2.75) is 64.3 Å². The van der Waals surface area contributed by atoms with E-state index >= 15 is 0 Å². The number of fused-ring (bicyclic) bond motifs is 1. The van der Waals surface area contributed by atoms with Gasteiger partial charge in [0.2, 0.25) is 0 Å². The molecule has 4 nitrogen and oxygen atoms in total. The fraction of sp³-hybridized carbons (Fsp3) is 0.625. The number of aromatic nitrogens is 3. The van der Waals surface area contributed by atoms with Gasteiger partial charge in [0, 0.05) is 23.3 Å².